The Balaban J connectivity index is 1.39. The number of nitrogens with zero attached hydrogens (tertiary/aromatic N) is 4. The van der Waals surface area contributed by atoms with Crippen LogP contribution in [-0.4, -0.2) is 71.6 Å². The van der Waals surface area contributed by atoms with Crippen molar-refractivity contribution in [3.05, 3.63) is 41.8 Å². The Kier molecular flexibility index (Phi) is 6.78. The Morgan fingerprint density at radius 3 is 2.76 bits per heavy atom. The first-order chi connectivity index (χ1) is 17.6. The molecule has 0 bridgehead atoms. The molecule has 1 aromatic heterocycles. The fourth-order valence-electron chi connectivity index (χ4n) is 5.33. The topological polar surface area (TPSA) is 90.4 Å². The average Bonchev–Trinajstić information content (AvgIpc) is 3.45. The van der Waals surface area contributed by atoms with E-state index in [1.165, 1.54) is 12.1 Å². The third-order valence-electron chi connectivity index (χ3n) is 7.11. The smallest absolute Gasteiger partial charge is 0.410 e. The Labute approximate surface area is 217 Å². The van der Waals surface area contributed by atoms with Crippen molar-refractivity contribution in [1.29, 1.82) is 0 Å². The van der Waals surface area contributed by atoms with Crippen LogP contribution in [0.5, 0.6) is 5.75 Å². The molecular weight excluding hydrogens is 477 g/mol. The molecule has 0 spiro atoms. The molecule has 1 amide bonds. The van der Waals surface area contributed by atoms with Gasteiger partial charge in [-0.3, -0.25) is 0 Å². The molecule has 2 N–H and O–H groups in total. The summed E-state index contributed by atoms with van der Waals surface area (Å²) in [7, 11) is 0. The molecule has 5 rings (SSSR count). The number of phenols is 1. The lowest BCUT2D eigenvalue weighted by Gasteiger charge is -2.37. The quantitative estimate of drug-likeness (QED) is 0.619. The van der Waals surface area contributed by atoms with Crippen LogP contribution < -0.4 is 15.1 Å². The van der Waals surface area contributed by atoms with Gasteiger partial charge < -0.3 is 34.6 Å². The molecule has 3 aliphatic rings. The Bertz CT molecular complexity index is 1140. The minimum atomic E-state index is -0.594. The summed E-state index contributed by atoms with van der Waals surface area (Å²) in [5.74, 6) is 0.450. The highest BCUT2D eigenvalue weighted by molar-refractivity contribution is 5.82. The minimum Gasteiger partial charge on any atom is -0.506 e. The van der Waals surface area contributed by atoms with Gasteiger partial charge in [0.05, 0.1) is 24.9 Å². The molecule has 0 saturated carbocycles. The SMILES string of the molecule is CC1CCCN1c1ccc(C2Nc3c(F)ccc(O)c3N2C[C@@H]2CN(C(=O)OC(C)(C)C)CCO2)cn1. The lowest BCUT2D eigenvalue weighted by atomic mass is 10.1. The number of aromatic hydroxyl groups is 1. The molecule has 3 atom stereocenters. The molecule has 0 aliphatic carbocycles. The van der Waals surface area contributed by atoms with Gasteiger partial charge >= 0.3 is 6.09 Å². The highest BCUT2D eigenvalue weighted by Crippen LogP contribution is 2.48. The number of anilines is 3. The number of amides is 1. The number of rotatable bonds is 4. The number of morpholine rings is 1. The van der Waals surface area contributed by atoms with Crippen molar-refractivity contribution in [3.63, 3.8) is 0 Å². The molecule has 9 nitrogen and oxygen atoms in total. The van der Waals surface area contributed by atoms with Gasteiger partial charge in [0.2, 0.25) is 0 Å². The van der Waals surface area contributed by atoms with Crippen LogP contribution in [0.15, 0.2) is 30.5 Å². The second kappa shape index (κ2) is 9.89. The molecule has 2 saturated heterocycles. The molecule has 2 fully saturated rings. The number of hydrogen-bond donors (Lipinski definition) is 2. The summed E-state index contributed by atoms with van der Waals surface area (Å²) in [6.07, 6.45) is 2.89. The van der Waals surface area contributed by atoms with Crippen molar-refractivity contribution >= 4 is 23.3 Å². The lowest BCUT2D eigenvalue weighted by molar-refractivity contribution is -0.0393. The van der Waals surface area contributed by atoms with E-state index >= 15 is 0 Å². The van der Waals surface area contributed by atoms with Crippen LogP contribution in [0.4, 0.5) is 26.4 Å². The molecule has 1 aromatic carbocycles. The van der Waals surface area contributed by atoms with Crippen molar-refractivity contribution in [1.82, 2.24) is 9.88 Å². The predicted octanol–water partition coefficient (Wildman–Crippen LogP) is 4.48. The normalized spacial score (nSPS) is 23.7. The molecule has 200 valence electrons. The van der Waals surface area contributed by atoms with Crippen LogP contribution in [0, 0.1) is 5.82 Å². The number of phenolic OH excluding ortho intramolecular Hbond substituents is 1. The zero-order valence-corrected chi connectivity index (χ0v) is 21.9. The standard InChI is InChI=1S/C27H36FN5O4/c1-17-6-5-11-32(17)22-10-7-18(14-29-22)25-30-23-20(28)8-9-21(34)24(23)33(25)16-19-15-31(12-13-36-19)26(35)37-27(2,3)4/h7-10,14,17,19,25,30,34H,5-6,11-13,15-16H2,1-4H3/t17?,19-,25?/m0/s1. The lowest BCUT2D eigenvalue weighted by Crippen LogP contribution is -2.51. The van der Waals surface area contributed by atoms with Gasteiger partial charge in [-0.15, -0.1) is 0 Å². The highest BCUT2D eigenvalue weighted by atomic mass is 19.1. The molecule has 37 heavy (non-hydrogen) atoms. The summed E-state index contributed by atoms with van der Waals surface area (Å²) in [6, 6.07) is 7.05. The fraction of sp³-hybridized carbons (Fsp3) is 0.556. The second-order valence-electron chi connectivity index (χ2n) is 11.0. The maximum absolute atomic E-state index is 14.8. The van der Waals surface area contributed by atoms with Gasteiger partial charge in [0, 0.05) is 37.4 Å². The van der Waals surface area contributed by atoms with E-state index in [2.05, 4.69) is 17.1 Å². The van der Waals surface area contributed by atoms with Gasteiger partial charge in [-0.2, -0.15) is 0 Å². The number of pyridine rings is 1. The zero-order valence-electron chi connectivity index (χ0n) is 21.9. The first-order valence-electron chi connectivity index (χ1n) is 13.0. The second-order valence-corrected chi connectivity index (χ2v) is 11.0. The van der Waals surface area contributed by atoms with Crippen LogP contribution in [0.3, 0.4) is 0 Å². The van der Waals surface area contributed by atoms with E-state index in [0.717, 1.165) is 30.8 Å². The average molecular weight is 514 g/mol. The largest absolute Gasteiger partial charge is 0.506 e. The van der Waals surface area contributed by atoms with E-state index in [9.17, 15) is 14.3 Å². The Hall–Kier alpha value is -3.27. The van der Waals surface area contributed by atoms with Crippen molar-refractivity contribution in [3.8, 4) is 5.75 Å². The van der Waals surface area contributed by atoms with Gasteiger partial charge in [-0.1, -0.05) is 0 Å². The molecule has 4 heterocycles. The van der Waals surface area contributed by atoms with Crippen molar-refractivity contribution in [2.45, 2.75) is 64.4 Å². The minimum absolute atomic E-state index is 0.0262. The molecule has 10 heteroatoms. The summed E-state index contributed by atoms with van der Waals surface area (Å²) in [5, 5.41) is 13.9. The number of fused-ring (bicyclic) bond motifs is 1. The molecule has 0 radical (unpaired) electrons. The molecule has 3 aliphatic heterocycles. The van der Waals surface area contributed by atoms with Crippen molar-refractivity contribution in [2.24, 2.45) is 0 Å². The summed E-state index contributed by atoms with van der Waals surface area (Å²) >= 11 is 0. The van der Waals surface area contributed by atoms with E-state index in [4.69, 9.17) is 14.5 Å². The Morgan fingerprint density at radius 1 is 1.27 bits per heavy atom. The van der Waals surface area contributed by atoms with Crippen LogP contribution >= 0.6 is 0 Å². The number of benzene rings is 1. The van der Waals surface area contributed by atoms with Crippen molar-refractivity contribution < 1.29 is 23.8 Å². The summed E-state index contributed by atoms with van der Waals surface area (Å²) in [4.78, 5) is 23.2. The monoisotopic (exact) mass is 513 g/mol. The van der Waals surface area contributed by atoms with Gasteiger partial charge in [0.1, 0.15) is 34.8 Å². The van der Waals surface area contributed by atoms with Crippen LogP contribution in [0.25, 0.3) is 0 Å². The van der Waals surface area contributed by atoms with Gasteiger partial charge in [0.25, 0.3) is 0 Å². The summed E-state index contributed by atoms with van der Waals surface area (Å²) in [6.45, 7) is 10.1. The van der Waals surface area contributed by atoms with E-state index in [1.54, 1.807) is 11.1 Å². The van der Waals surface area contributed by atoms with Gasteiger partial charge in [0.15, 0.2) is 0 Å². The number of carbonyl (C=O) groups excluding carboxylic acids is 1. The zero-order chi connectivity index (χ0) is 26.3. The number of ether oxygens (including phenoxy) is 2. The number of halogens is 1. The van der Waals surface area contributed by atoms with Gasteiger partial charge in [-0.05, 0) is 64.8 Å². The first-order valence-corrected chi connectivity index (χ1v) is 13.0. The van der Waals surface area contributed by atoms with Gasteiger partial charge in [-0.25, -0.2) is 14.2 Å². The summed E-state index contributed by atoms with van der Waals surface area (Å²) in [5.41, 5.74) is 0.857. The highest BCUT2D eigenvalue weighted by Gasteiger charge is 2.38. The molecule has 2 aromatic rings. The van der Waals surface area contributed by atoms with E-state index in [0.29, 0.717) is 38.0 Å². The number of carbonyl (C=O) groups is 1. The van der Waals surface area contributed by atoms with Crippen LogP contribution in [0.2, 0.25) is 0 Å². The predicted molar refractivity (Wildman–Crippen MR) is 140 cm³/mol. The first kappa shape index (κ1) is 25.4. The maximum Gasteiger partial charge on any atom is 0.410 e. The van der Waals surface area contributed by atoms with Crippen LogP contribution in [0.1, 0.15) is 52.3 Å². The third-order valence-corrected chi connectivity index (χ3v) is 7.11. The van der Waals surface area contributed by atoms with E-state index < -0.39 is 17.6 Å². The number of nitrogens with one attached hydrogen (secondary N) is 1. The van der Waals surface area contributed by atoms with E-state index in [-0.39, 0.29) is 23.6 Å². The third kappa shape index (κ3) is 5.25. The number of hydrogen-bond acceptors (Lipinski definition) is 8. The number of aromatic nitrogens is 1. The molecule has 2 unspecified atom stereocenters. The maximum atomic E-state index is 14.8. The fourth-order valence-corrected chi connectivity index (χ4v) is 5.33. The van der Waals surface area contributed by atoms with E-state index in [1.807, 2.05) is 37.8 Å². The Morgan fingerprint density at radius 2 is 2.08 bits per heavy atom. The molecular formula is C27H36FN5O4. The van der Waals surface area contributed by atoms with Crippen LogP contribution in [-0.2, 0) is 9.47 Å². The van der Waals surface area contributed by atoms with Crippen molar-refractivity contribution in [2.75, 3.05) is 47.9 Å². The summed E-state index contributed by atoms with van der Waals surface area (Å²) < 4.78 is 26.4.